The van der Waals surface area contributed by atoms with E-state index in [1.54, 1.807) is 12.1 Å². The lowest BCUT2D eigenvalue weighted by Crippen LogP contribution is -2.49. The summed E-state index contributed by atoms with van der Waals surface area (Å²) in [5, 5.41) is 0.723. The lowest BCUT2D eigenvalue weighted by molar-refractivity contribution is 0.0745. The highest BCUT2D eigenvalue weighted by molar-refractivity contribution is 6.30. The first-order valence-electron chi connectivity index (χ1n) is 10.8. The third-order valence-electron chi connectivity index (χ3n) is 5.23. The number of piperazine rings is 1. The molecular weight excluding hydrogens is 416 g/mol. The second-order valence-corrected chi connectivity index (χ2v) is 7.75. The van der Waals surface area contributed by atoms with Gasteiger partial charge in [-0.2, -0.15) is 0 Å². The van der Waals surface area contributed by atoms with Crippen molar-refractivity contribution in [3.8, 4) is 17.2 Å². The highest BCUT2D eigenvalue weighted by Crippen LogP contribution is 2.39. The molecule has 0 saturated carbocycles. The van der Waals surface area contributed by atoms with Gasteiger partial charge < -0.3 is 24.0 Å². The van der Waals surface area contributed by atoms with E-state index in [9.17, 15) is 4.79 Å². The second kappa shape index (κ2) is 10.6. The molecule has 0 atom stereocenters. The average Bonchev–Trinajstić information content (AvgIpc) is 2.77. The summed E-state index contributed by atoms with van der Waals surface area (Å²) >= 11 is 6.19. The number of halogens is 1. The molecule has 1 amide bonds. The maximum atomic E-state index is 13.3. The number of benzene rings is 2. The molecule has 1 saturated heterocycles. The van der Waals surface area contributed by atoms with Crippen LogP contribution in [0.5, 0.6) is 17.2 Å². The molecule has 0 spiro atoms. The van der Waals surface area contributed by atoms with Crippen LogP contribution in [0.2, 0.25) is 5.02 Å². The number of rotatable bonds is 8. The van der Waals surface area contributed by atoms with E-state index < -0.39 is 0 Å². The third kappa shape index (κ3) is 5.37. The molecule has 0 unspecified atom stereocenters. The Morgan fingerprint density at radius 3 is 2.03 bits per heavy atom. The number of hydrogen-bond acceptors (Lipinski definition) is 5. The van der Waals surface area contributed by atoms with E-state index in [1.165, 1.54) is 5.56 Å². The summed E-state index contributed by atoms with van der Waals surface area (Å²) in [5.74, 6) is 1.58. The van der Waals surface area contributed by atoms with E-state index in [-0.39, 0.29) is 5.91 Å². The summed E-state index contributed by atoms with van der Waals surface area (Å²) in [7, 11) is 0. The molecule has 1 fully saturated rings. The van der Waals surface area contributed by atoms with E-state index in [2.05, 4.69) is 11.8 Å². The van der Waals surface area contributed by atoms with Gasteiger partial charge in [0.15, 0.2) is 11.5 Å². The highest BCUT2D eigenvalue weighted by atomic mass is 35.5. The summed E-state index contributed by atoms with van der Waals surface area (Å²) < 4.78 is 17.3. The van der Waals surface area contributed by atoms with Gasteiger partial charge in [0.2, 0.25) is 5.75 Å². The van der Waals surface area contributed by atoms with Gasteiger partial charge in [0.1, 0.15) is 0 Å². The molecule has 0 bridgehead atoms. The van der Waals surface area contributed by atoms with Crippen molar-refractivity contribution in [2.75, 3.05) is 50.9 Å². The topological polar surface area (TPSA) is 51.2 Å². The zero-order valence-corrected chi connectivity index (χ0v) is 19.5. The van der Waals surface area contributed by atoms with Crippen molar-refractivity contribution in [1.29, 1.82) is 0 Å². The van der Waals surface area contributed by atoms with Gasteiger partial charge in [-0.3, -0.25) is 4.79 Å². The summed E-state index contributed by atoms with van der Waals surface area (Å²) in [4.78, 5) is 17.4. The van der Waals surface area contributed by atoms with Gasteiger partial charge in [0, 0.05) is 42.5 Å². The highest BCUT2D eigenvalue weighted by Gasteiger charge is 2.26. The molecule has 2 aromatic carbocycles. The average molecular weight is 447 g/mol. The second-order valence-electron chi connectivity index (χ2n) is 7.31. The van der Waals surface area contributed by atoms with Crippen LogP contribution in [0.15, 0.2) is 30.3 Å². The van der Waals surface area contributed by atoms with Gasteiger partial charge >= 0.3 is 0 Å². The summed E-state index contributed by atoms with van der Waals surface area (Å²) in [6.45, 7) is 12.0. The minimum absolute atomic E-state index is 0.0348. The van der Waals surface area contributed by atoms with E-state index >= 15 is 0 Å². The Morgan fingerprint density at radius 1 is 0.903 bits per heavy atom. The summed E-state index contributed by atoms with van der Waals surface area (Å²) in [6, 6.07) is 9.43. The van der Waals surface area contributed by atoms with Crippen molar-refractivity contribution in [3.63, 3.8) is 0 Å². The predicted molar refractivity (Wildman–Crippen MR) is 124 cm³/mol. The Kier molecular flexibility index (Phi) is 7.91. The van der Waals surface area contributed by atoms with E-state index in [1.807, 2.05) is 43.9 Å². The van der Waals surface area contributed by atoms with E-state index in [4.69, 9.17) is 25.8 Å². The number of hydrogen-bond donors (Lipinski definition) is 0. The molecule has 0 radical (unpaired) electrons. The van der Waals surface area contributed by atoms with Crippen molar-refractivity contribution in [2.24, 2.45) is 0 Å². The third-order valence-corrected chi connectivity index (χ3v) is 5.47. The summed E-state index contributed by atoms with van der Waals surface area (Å²) in [6.07, 6.45) is 0. The quantitative estimate of drug-likeness (QED) is 0.582. The first-order valence-corrected chi connectivity index (χ1v) is 11.2. The van der Waals surface area contributed by atoms with Crippen molar-refractivity contribution < 1.29 is 19.0 Å². The lowest BCUT2D eigenvalue weighted by atomic mass is 10.1. The van der Waals surface area contributed by atoms with Gasteiger partial charge in [-0.05, 0) is 57.5 Å². The number of carbonyl (C=O) groups excluding carboxylic acids is 1. The van der Waals surface area contributed by atoms with Gasteiger partial charge in [-0.1, -0.05) is 17.7 Å². The monoisotopic (exact) mass is 446 g/mol. The fraction of sp³-hybridized carbons (Fsp3) is 0.458. The van der Waals surface area contributed by atoms with Crippen LogP contribution in [0.4, 0.5) is 5.69 Å². The van der Waals surface area contributed by atoms with Crippen LogP contribution in [0.25, 0.3) is 0 Å². The van der Waals surface area contributed by atoms with Crippen LogP contribution in [0.3, 0.4) is 0 Å². The standard InChI is InChI=1S/C24H31ClN2O4/c1-5-29-21-14-18(15-22(30-6-2)23(21)31-7-3)24(28)27-12-10-26(11-13-27)20-16-19(25)9-8-17(20)4/h8-9,14-16H,5-7,10-13H2,1-4H3. The Hall–Kier alpha value is -2.60. The van der Waals surface area contributed by atoms with Gasteiger partial charge in [-0.15, -0.1) is 0 Å². The van der Waals surface area contributed by atoms with Gasteiger partial charge in [0.05, 0.1) is 19.8 Å². The maximum Gasteiger partial charge on any atom is 0.254 e. The smallest absolute Gasteiger partial charge is 0.254 e. The van der Waals surface area contributed by atoms with Gasteiger partial charge in [-0.25, -0.2) is 0 Å². The van der Waals surface area contributed by atoms with Crippen LogP contribution >= 0.6 is 11.6 Å². The number of aryl methyl sites for hydroxylation is 1. The molecule has 1 aliphatic rings. The molecule has 31 heavy (non-hydrogen) atoms. The molecule has 0 aromatic heterocycles. The van der Waals surface area contributed by atoms with Crippen LogP contribution in [-0.2, 0) is 0 Å². The van der Waals surface area contributed by atoms with Gasteiger partial charge in [0.25, 0.3) is 5.91 Å². The summed E-state index contributed by atoms with van der Waals surface area (Å²) in [5.41, 5.74) is 2.85. The number of amides is 1. The lowest BCUT2D eigenvalue weighted by Gasteiger charge is -2.37. The zero-order valence-electron chi connectivity index (χ0n) is 18.7. The molecule has 1 heterocycles. The van der Waals surface area contributed by atoms with Crippen molar-refractivity contribution in [3.05, 3.63) is 46.5 Å². The molecular formula is C24H31ClN2O4. The molecule has 0 aliphatic carbocycles. The minimum atomic E-state index is -0.0348. The fourth-order valence-electron chi connectivity index (χ4n) is 3.77. The molecule has 2 aromatic rings. The Balaban J connectivity index is 1.79. The molecule has 168 valence electrons. The maximum absolute atomic E-state index is 13.3. The van der Waals surface area contributed by atoms with E-state index in [0.29, 0.717) is 55.7 Å². The molecule has 0 N–H and O–H groups in total. The van der Waals surface area contributed by atoms with Crippen LogP contribution in [0, 0.1) is 6.92 Å². The number of ether oxygens (including phenoxy) is 3. The SMILES string of the molecule is CCOc1cc(C(=O)N2CCN(c3cc(Cl)ccc3C)CC2)cc(OCC)c1OCC. The molecule has 7 heteroatoms. The van der Waals surface area contributed by atoms with Crippen LogP contribution in [0.1, 0.15) is 36.7 Å². The number of carbonyl (C=O) groups is 1. The van der Waals surface area contributed by atoms with Crippen LogP contribution < -0.4 is 19.1 Å². The van der Waals surface area contributed by atoms with Crippen molar-refractivity contribution in [2.45, 2.75) is 27.7 Å². The van der Waals surface area contributed by atoms with E-state index in [0.717, 1.165) is 23.8 Å². The molecule has 6 nitrogen and oxygen atoms in total. The van der Waals surface area contributed by atoms with Crippen LogP contribution in [-0.4, -0.2) is 56.8 Å². The largest absolute Gasteiger partial charge is 0.490 e. The molecule has 1 aliphatic heterocycles. The predicted octanol–water partition coefficient (Wildman–Crippen LogP) is 4.81. The Labute approximate surface area is 189 Å². The minimum Gasteiger partial charge on any atom is -0.490 e. The first kappa shape index (κ1) is 23.1. The van der Waals surface area contributed by atoms with Crippen molar-refractivity contribution in [1.82, 2.24) is 4.90 Å². The van der Waals surface area contributed by atoms with Crippen molar-refractivity contribution >= 4 is 23.2 Å². The zero-order chi connectivity index (χ0) is 22.4. The number of nitrogens with zero attached hydrogens (tertiary/aromatic N) is 2. The molecule has 3 rings (SSSR count). The Morgan fingerprint density at radius 2 is 1.48 bits per heavy atom. The fourth-order valence-corrected chi connectivity index (χ4v) is 3.93. The Bertz CT molecular complexity index is 883. The normalized spacial score (nSPS) is 13.8. The number of anilines is 1. The first-order chi connectivity index (χ1) is 15.0.